The number of piperidine rings is 1. The highest BCUT2D eigenvalue weighted by Gasteiger charge is 2.26. The van der Waals surface area contributed by atoms with Crippen LogP contribution in [0.1, 0.15) is 48.3 Å². The fourth-order valence-electron chi connectivity index (χ4n) is 4.55. The van der Waals surface area contributed by atoms with Crippen LogP contribution < -0.4 is 0 Å². The van der Waals surface area contributed by atoms with E-state index in [4.69, 9.17) is 4.74 Å². The van der Waals surface area contributed by atoms with E-state index in [1.54, 1.807) is 6.20 Å². The van der Waals surface area contributed by atoms with Crippen molar-refractivity contribution in [2.45, 2.75) is 45.8 Å². The lowest BCUT2D eigenvalue weighted by atomic mass is 10.0. The van der Waals surface area contributed by atoms with Gasteiger partial charge < -0.3 is 23.9 Å². The highest BCUT2D eigenvalue weighted by Crippen LogP contribution is 2.31. The molecule has 7 nitrogen and oxygen atoms in total. The first-order valence-electron chi connectivity index (χ1n) is 11.2. The fourth-order valence-corrected chi connectivity index (χ4v) is 4.55. The van der Waals surface area contributed by atoms with E-state index >= 15 is 0 Å². The Morgan fingerprint density at radius 2 is 2.00 bits per heavy atom. The lowest BCUT2D eigenvalue weighted by molar-refractivity contribution is 0.0377. The van der Waals surface area contributed by atoms with Gasteiger partial charge in [-0.2, -0.15) is 0 Å². The maximum atomic E-state index is 12.9. The standard InChI is InChI=1S/C25H33N5O2/c1-16(2)32-25(31)22-14-21-13-19(24-26-9-10-27-24)15-30(21)23(17(22)3)18(4)29-11-7-20(8-12-29)28(5)6/h9-10,13-16,20H,4,7-8,11-12H2,1-3,5-6H3,(H,26,27). The molecule has 170 valence electrons. The quantitative estimate of drug-likeness (QED) is 0.588. The summed E-state index contributed by atoms with van der Waals surface area (Å²) < 4.78 is 7.67. The maximum absolute atomic E-state index is 12.9. The lowest BCUT2D eigenvalue weighted by Crippen LogP contribution is -2.41. The molecule has 1 saturated heterocycles. The number of carbonyl (C=O) groups excluding carboxylic acids is 1. The zero-order chi connectivity index (χ0) is 23.0. The first-order chi connectivity index (χ1) is 15.3. The van der Waals surface area contributed by atoms with Crippen molar-refractivity contribution in [1.82, 2.24) is 24.2 Å². The average Bonchev–Trinajstić information content (AvgIpc) is 3.42. The molecule has 4 heterocycles. The number of esters is 1. The van der Waals surface area contributed by atoms with Crippen molar-refractivity contribution in [2.24, 2.45) is 0 Å². The van der Waals surface area contributed by atoms with Crippen LogP contribution in [0, 0.1) is 6.92 Å². The van der Waals surface area contributed by atoms with Gasteiger partial charge in [-0.3, -0.25) is 0 Å². The summed E-state index contributed by atoms with van der Waals surface area (Å²) in [6.45, 7) is 12.1. The van der Waals surface area contributed by atoms with Crippen molar-refractivity contribution >= 4 is 17.2 Å². The summed E-state index contributed by atoms with van der Waals surface area (Å²) in [6, 6.07) is 4.53. The van der Waals surface area contributed by atoms with Gasteiger partial charge in [0.15, 0.2) is 0 Å². The van der Waals surface area contributed by atoms with Crippen LogP contribution in [0.3, 0.4) is 0 Å². The van der Waals surface area contributed by atoms with E-state index in [1.165, 1.54) is 0 Å². The molecular weight excluding hydrogens is 402 g/mol. The van der Waals surface area contributed by atoms with Gasteiger partial charge in [0.25, 0.3) is 0 Å². The van der Waals surface area contributed by atoms with E-state index in [2.05, 4.69) is 51.0 Å². The Bertz CT molecular complexity index is 1120. The largest absolute Gasteiger partial charge is 0.459 e. The third-order valence-electron chi connectivity index (χ3n) is 6.33. The van der Waals surface area contributed by atoms with Crippen LogP contribution in [0.15, 0.2) is 37.3 Å². The second kappa shape index (κ2) is 8.82. The van der Waals surface area contributed by atoms with Crippen molar-refractivity contribution in [3.63, 3.8) is 0 Å². The second-order valence-electron chi connectivity index (χ2n) is 9.08. The number of fused-ring (bicyclic) bond motifs is 1. The monoisotopic (exact) mass is 435 g/mol. The number of hydrogen-bond acceptors (Lipinski definition) is 5. The molecule has 3 aromatic heterocycles. The Labute approximate surface area is 189 Å². The number of rotatable bonds is 6. The summed E-state index contributed by atoms with van der Waals surface area (Å²) in [5.74, 6) is 0.488. The molecule has 3 aromatic rings. The molecule has 0 spiro atoms. The topological polar surface area (TPSA) is 65.9 Å². The molecular formula is C25H33N5O2. The van der Waals surface area contributed by atoms with Gasteiger partial charge in [-0.25, -0.2) is 9.78 Å². The third-order valence-corrected chi connectivity index (χ3v) is 6.33. The zero-order valence-electron chi connectivity index (χ0n) is 19.7. The van der Waals surface area contributed by atoms with E-state index in [0.29, 0.717) is 11.6 Å². The van der Waals surface area contributed by atoms with Crippen molar-refractivity contribution in [3.8, 4) is 11.4 Å². The average molecular weight is 436 g/mol. The Kier molecular flexibility index (Phi) is 6.11. The summed E-state index contributed by atoms with van der Waals surface area (Å²) in [5, 5.41) is 0. The molecule has 4 rings (SSSR count). The number of likely N-dealkylation sites (tertiary alicyclic amines) is 1. The molecule has 0 saturated carbocycles. The van der Waals surface area contributed by atoms with Crippen LogP contribution >= 0.6 is 0 Å². The number of aromatic nitrogens is 3. The fraction of sp³-hybridized carbons (Fsp3) is 0.440. The van der Waals surface area contributed by atoms with Crippen molar-refractivity contribution in [1.29, 1.82) is 0 Å². The number of imidazole rings is 1. The summed E-state index contributed by atoms with van der Waals surface area (Å²) in [6.07, 6.45) is 7.61. The third kappa shape index (κ3) is 4.17. The van der Waals surface area contributed by atoms with E-state index in [0.717, 1.165) is 59.8 Å². The first-order valence-corrected chi connectivity index (χ1v) is 11.2. The Morgan fingerprint density at radius 1 is 1.28 bits per heavy atom. The molecule has 1 N–H and O–H groups in total. The van der Waals surface area contributed by atoms with Gasteiger partial charge in [-0.15, -0.1) is 0 Å². The Hall–Kier alpha value is -3.06. The van der Waals surface area contributed by atoms with Crippen molar-refractivity contribution in [2.75, 3.05) is 27.2 Å². The molecule has 0 radical (unpaired) electrons. The van der Waals surface area contributed by atoms with Gasteiger partial charge in [0.1, 0.15) is 5.82 Å². The Balaban J connectivity index is 1.79. The molecule has 1 aliphatic heterocycles. The van der Waals surface area contributed by atoms with E-state index in [-0.39, 0.29) is 12.1 Å². The van der Waals surface area contributed by atoms with Gasteiger partial charge in [0, 0.05) is 48.8 Å². The van der Waals surface area contributed by atoms with Crippen molar-refractivity contribution in [3.05, 3.63) is 54.1 Å². The van der Waals surface area contributed by atoms with E-state index < -0.39 is 0 Å². The number of carbonyl (C=O) groups is 1. The molecule has 32 heavy (non-hydrogen) atoms. The van der Waals surface area contributed by atoms with E-state index in [9.17, 15) is 4.79 Å². The molecule has 0 bridgehead atoms. The summed E-state index contributed by atoms with van der Waals surface area (Å²) in [5.41, 5.74) is 5.21. The highest BCUT2D eigenvalue weighted by molar-refractivity contribution is 5.94. The minimum absolute atomic E-state index is 0.180. The lowest BCUT2D eigenvalue weighted by Gasteiger charge is -2.38. The van der Waals surface area contributed by atoms with Crippen LogP contribution in [-0.2, 0) is 4.74 Å². The number of nitrogens with zero attached hydrogens (tertiary/aromatic N) is 4. The highest BCUT2D eigenvalue weighted by atomic mass is 16.5. The SMILES string of the molecule is C=C(c1c(C)c(C(=O)OC(C)C)cc2cc(-c3ncc[nH]3)cn12)N1CCC(N(C)C)CC1. The normalized spacial score (nSPS) is 15.2. The van der Waals surface area contributed by atoms with Crippen LogP contribution in [0.2, 0.25) is 0 Å². The predicted molar refractivity (Wildman–Crippen MR) is 128 cm³/mol. The van der Waals surface area contributed by atoms with Gasteiger partial charge in [0.2, 0.25) is 0 Å². The van der Waals surface area contributed by atoms with Gasteiger partial charge in [0.05, 0.1) is 23.1 Å². The number of H-pyrrole nitrogens is 1. The molecule has 1 aliphatic rings. The molecule has 1 fully saturated rings. The van der Waals surface area contributed by atoms with Crippen LogP contribution in [0.25, 0.3) is 22.6 Å². The predicted octanol–water partition coefficient (Wildman–Crippen LogP) is 4.20. The summed E-state index contributed by atoms with van der Waals surface area (Å²) in [4.78, 5) is 25.1. The molecule has 7 heteroatoms. The summed E-state index contributed by atoms with van der Waals surface area (Å²) >= 11 is 0. The molecule has 0 amide bonds. The van der Waals surface area contributed by atoms with Gasteiger partial charge >= 0.3 is 5.97 Å². The van der Waals surface area contributed by atoms with Crippen LogP contribution in [0.5, 0.6) is 0 Å². The summed E-state index contributed by atoms with van der Waals surface area (Å²) in [7, 11) is 4.28. The zero-order valence-corrected chi connectivity index (χ0v) is 19.7. The molecule has 0 aliphatic carbocycles. The second-order valence-corrected chi connectivity index (χ2v) is 9.08. The van der Waals surface area contributed by atoms with Gasteiger partial charge in [-0.1, -0.05) is 6.58 Å². The smallest absolute Gasteiger partial charge is 0.338 e. The maximum Gasteiger partial charge on any atom is 0.338 e. The number of hydrogen-bond donors (Lipinski definition) is 1. The minimum Gasteiger partial charge on any atom is -0.459 e. The molecule has 0 aromatic carbocycles. The molecule has 0 atom stereocenters. The van der Waals surface area contributed by atoms with Crippen LogP contribution in [-0.4, -0.2) is 69.5 Å². The number of aromatic amines is 1. The molecule has 0 unspecified atom stereocenters. The van der Waals surface area contributed by atoms with Crippen molar-refractivity contribution < 1.29 is 9.53 Å². The van der Waals surface area contributed by atoms with Crippen LogP contribution in [0.4, 0.5) is 0 Å². The first kappa shape index (κ1) is 22.1. The number of ether oxygens (including phenoxy) is 1. The van der Waals surface area contributed by atoms with E-state index in [1.807, 2.05) is 39.1 Å². The number of nitrogens with one attached hydrogen (secondary N) is 1. The van der Waals surface area contributed by atoms with Gasteiger partial charge in [-0.05, 0) is 65.4 Å². The number of pyridine rings is 1. The minimum atomic E-state index is -0.305. The Morgan fingerprint density at radius 3 is 2.59 bits per heavy atom.